The van der Waals surface area contributed by atoms with Gasteiger partial charge in [0, 0.05) is 10.9 Å². The summed E-state index contributed by atoms with van der Waals surface area (Å²) >= 11 is 0. The fourth-order valence-corrected chi connectivity index (χ4v) is 2.25. The van der Waals surface area contributed by atoms with E-state index in [4.69, 9.17) is 4.74 Å². The topological polar surface area (TPSA) is 26.3 Å². The average Bonchev–Trinajstić information content (AvgIpc) is 2.54. The zero-order valence-corrected chi connectivity index (χ0v) is 11.3. The molecular formula is C18H13FO2. The van der Waals surface area contributed by atoms with Crippen LogP contribution in [0.5, 0.6) is 5.75 Å². The second-order valence-corrected chi connectivity index (χ2v) is 4.67. The predicted molar refractivity (Wildman–Crippen MR) is 80.2 cm³/mol. The fourth-order valence-electron chi connectivity index (χ4n) is 2.25. The van der Waals surface area contributed by atoms with E-state index >= 15 is 0 Å². The van der Waals surface area contributed by atoms with Crippen molar-refractivity contribution in [3.05, 3.63) is 78.1 Å². The van der Waals surface area contributed by atoms with Gasteiger partial charge in [-0.1, -0.05) is 42.5 Å². The van der Waals surface area contributed by atoms with Gasteiger partial charge in [-0.3, -0.25) is 4.79 Å². The van der Waals surface area contributed by atoms with E-state index in [9.17, 15) is 9.18 Å². The van der Waals surface area contributed by atoms with E-state index in [1.165, 1.54) is 12.1 Å². The fraction of sp³-hybridized carbons (Fsp3) is 0.0556. The third-order valence-corrected chi connectivity index (χ3v) is 3.28. The van der Waals surface area contributed by atoms with Gasteiger partial charge in [-0.15, -0.1) is 0 Å². The number of carbonyl (C=O) groups excluding carboxylic acids is 1. The van der Waals surface area contributed by atoms with Crippen LogP contribution in [-0.4, -0.2) is 12.4 Å². The number of hydrogen-bond acceptors (Lipinski definition) is 2. The molecule has 0 spiro atoms. The minimum atomic E-state index is -0.328. The van der Waals surface area contributed by atoms with Gasteiger partial charge in [0.25, 0.3) is 0 Å². The lowest BCUT2D eigenvalue weighted by atomic mass is 10.0. The van der Waals surface area contributed by atoms with Gasteiger partial charge < -0.3 is 4.74 Å². The second-order valence-electron chi connectivity index (χ2n) is 4.67. The highest BCUT2D eigenvalue weighted by Crippen LogP contribution is 2.22. The molecule has 0 atom stereocenters. The van der Waals surface area contributed by atoms with E-state index in [0.29, 0.717) is 22.1 Å². The molecule has 0 amide bonds. The molecule has 104 valence electrons. The zero-order valence-electron chi connectivity index (χ0n) is 11.3. The quantitative estimate of drug-likeness (QED) is 0.668. The number of rotatable bonds is 4. The van der Waals surface area contributed by atoms with Gasteiger partial charge in [0.05, 0.1) is 0 Å². The number of benzene rings is 3. The average molecular weight is 280 g/mol. The predicted octanol–water partition coefficient (Wildman–Crippen LogP) is 4.24. The monoisotopic (exact) mass is 280 g/mol. The van der Waals surface area contributed by atoms with Crippen molar-refractivity contribution in [2.75, 3.05) is 6.61 Å². The lowest BCUT2D eigenvalue weighted by Gasteiger charge is -2.08. The van der Waals surface area contributed by atoms with Gasteiger partial charge in [-0.2, -0.15) is 0 Å². The minimum Gasteiger partial charge on any atom is -0.485 e. The van der Waals surface area contributed by atoms with Crippen molar-refractivity contribution in [1.29, 1.82) is 0 Å². The van der Waals surface area contributed by atoms with Crippen LogP contribution in [0.15, 0.2) is 66.7 Å². The Morgan fingerprint density at radius 1 is 0.857 bits per heavy atom. The Bertz CT molecular complexity index is 782. The molecule has 3 aromatic rings. The zero-order chi connectivity index (χ0) is 14.7. The molecule has 0 aliphatic rings. The Kier molecular flexibility index (Phi) is 3.65. The van der Waals surface area contributed by atoms with Crippen molar-refractivity contribution < 1.29 is 13.9 Å². The van der Waals surface area contributed by atoms with Crippen LogP contribution in [-0.2, 0) is 0 Å². The highest BCUT2D eigenvalue weighted by Gasteiger charge is 2.12. The van der Waals surface area contributed by atoms with Crippen LogP contribution in [0.4, 0.5) is 4.39 Å². The van der Waals surface area contributed by atoms with Crippen LogP contribution >= 0.6 is 0 Å². The maximum atomic E-state index is 13.7. The summed E-state index contributed by atoms with van der Waals surface area (Å²) < 4.78 is 19.2. The molecule has 0 fully saturated rings. The molecule has 0 saturated carbocycles. The number of ether oxygens (including phenoxy) is 1. The standard InChI is InChI=1S/C18H13FO2/c19-17-11-10-16(14-8-4-5-9-15(14)17)18(20)12-21-13-6-2-1-3-7-13/h1-11H,12H2. The highest BCUT2D eigenvalue weighted by molar-refractivity contribution is 6.08. The summed E-state index contributed by atoms with van der Waals surface area (Å²) in [7, 11) is 0. The summed E-state index contributed by atoms with van der Waals surface area (Å²) in [4.78, 5) is 12.3. The second kappa shape index (κ2) is 5.75. The SMILES string of the molecule is O=C(COc1ccccc1)c1ccc(F)c2ccccc12. The van der Waals surface area contributed by atoms with Crippen molar-refractivity contribution >= 4 is 16.6 Å². The number of hydrogen-bond donors (Lipinski definition) is 0. The van der Waals surface area contributed by atoms with Crippen LogP contribution < -0.4 is 4.74 Å². The highest BCUT2D eigenvalue weighted by atomic mass is 19.1. The van der Waals surface area contributed by atoms with Crippen molar-refractivity contribution in [2.24, 2.45) is 0 Å². The van der Waals surface area contributed by atoms with Crippen LogP contribution in [0.3, 0.4) is 0 Å². The van der Waals surface area contributed by atoms with Crippen LogP contribution in [0, 0.1) is 5.82 Å². The molecule has 0 saturated heterocycles. The van der Waals surface area contributed by atoms with E-state index < -0.39 is 0 Å². The summed E-state index contributed by atoms with van der Waals surface area (Å²) in [5.41, 5.74) is 0.475. The van der Waals surface area contributed by atoms with Crippen molar-refractivity contribution in [3.63, 3.8) is 0 Å². The van der Waals surface area contributed by atoms with Gasteiger partial charge in [-0.25, -0.2) is 4.39 Å². The van der Waals surface area contributed by atoms with E-state index in [1.54, 1.807) is 36.4 Å². The first-order valence-corrected chi connectivity index (χ1v) is 6.64. The molecule has 3 rings (SSSR count). The number of halogens is 1. The largest absolute Gasteiger partial charge is 0.485 e. The summed E-state index contributed by atoms with van der Waals surface area (Å²) in [6.45, 7) is -0.0698. The number of para-hydroxylation sites is 1. The lowest BCUT2D eigenvalue weighted by Crippen LogP contribution is -2.12. The number of fused-ring (bicyclic) bond motifs is 1. The molecule has 0 aromatic heterocycles. The van der Waals surface area contributed by atoms with Gasteiger partial charge in [0.1, 0.15) is 11.6 Å². The smallest absolute Gasteiger partial charge is 0.200 e. The Hall–Kier alpha value is -2.68. The minimum absolute atomic E-state index is 0.0698. The lowest BCUT2D eigenvalue weighted by molar-refractivity contribution is 0.0923. The van der Waals surface area contributed by atoms with Crippen LogP contribution in [0.1, 0.15) is 10.4 Å². The third-order valence-electron chi connectivity index (χ3n) is 3.28. The van der Waals surface area contributed by atoms with Gasteiger partial charge in [0.15, 0.2) is 6.61 Å². The van der Waals surface area contributed by atoms with E-state index in [-0.39, 0.29) is 18.2 Å². The Morgan fingerprint density at radius 3 is 2.29 bits per heavy atom. The molecular weight excluding hydrogens is 267 g/mol. The van der Waals surface area contributed by atoms with Gasteiger partial charge in [-0.05, 0) is 29.7 Å². The van der Waals surface area contributed by atoms with E-state index in [1.807, 2.05) is 18.2 Å². The molecule has 0 N–H and O–H groups in total. The Balaban J connectivity index is 1.87. The molecule has 0 aliphatic carbocycles. The molecule has 0 bridgehead atoms. The summed E-state index contributed by atoms with van der Waals surface area (Å²) in [5.74, 6) is 0.137. The van der Waals surface area contributed by atoms with Crippen molar-refractivity contribution in [1.82, 2.24) is 0 Å². The molecule has 2 nitrogen and oxygen atoms in total. The van der Waals surface area contributed by atoms with Gasteiger partial charge in [0.2, 0.25) is 5.78 Å². The summed E-state index contributed by atoms with van der Waals surface area (Å²) in [5, 5.41) is 1.06. The van der Waals surface area contributed by atoms with Crippen molar-refractivity contribution in [3.8, 4) is 5.75 Å². The number of carbonyl (C=O) groups is 1. The summed E-state index contributed by atoms with van der Waals surface area (Å²) in [6.07, 6.45) is 0. The molecule has 0 aliphatic heterocycles. The Morgan fingerprint density at radius 2 is 1.52 bits per heavy atom. The molecule has 0 heterocycles. The van der Waals surface area contributed by atoms with Crippen LogP contribution in [0.2, 0.25) is 0 Å². The molecule has 0 unspecified atom stereocenters. The summed E-state index contributed by atoms with van der Waals surface area (Å²) in [6, 6.07) is 18.9. The number of ketones is 1. The third kappa shape index (κ3) is 2.77. The molecule has 3 heteroatoms. The maximum Gasteiger partial charge on any atom is 0.200 e. The van der Waals surface area contributed by atoms with Crippen LogP contribution in [0.25, 0.3) is 10.8 Å². The first-order valence-electron chi connectivity index (χ1n) is 6.64. The Labute approximate surface area is 121 Å². The number of Topliss-reactive ketones (excluding diaryl/α,β-unsaturated/α-hetero) is 1. The van der Waals surface area contributed by atoms with Gasteiger partial charge >= 0.3 is 0 Å². The molecule has 3 aromatic carbocycles. The van der Waals surface area contributed by atoms with Crippen molar-refractivity contribution in [2.45, 2.75) is 0 Å². The first kappa shape index (κ1) is 13.3. The molecule has 21 heavy (non-hydrogen) atoms. The normalized spacial score (nSPS) is 10.5. The first-order chi connectivity index (χ1) is 10.3. The van der Waals surface area contributed by atoms with E-state index in [0.717, 1.165) is 0 Å². The molecule has 0 radical (unpaired) electrons. The van der Waals surface area contributed by atoms with E-state index in [2.05, 4.69) is 0 Å². The maximum absolute atomic E-state index is 13.7.